The molecule has 2 rings (SSSR count). The van der Waals surface area contributed by atoms with Crippen molar-refractivity contribution in [3.8, 4) is 0 Å². The molecule has 2 bridgehead atoms. The number of rotatable bonds is 0. The minimum Gasteiger partial charge on any atom is -0.300 e. The fraction of sp³-hybridized carbons (Fsp3) is 1.00. The minimum atomic E-state index is 0.972. The highest BCUT2D eigenvalue weighted by Crippen LogP contribution is 2.35. The monoisotopic (exact) mass is 111 g/mol. The molecule has 0 aliphatic carbocycles. The number of hydrogen-bond acceptors (Lipinski definition) is 1. The van der Waals surface area contributed by atoms with Gasteiger partial charge in [0.15, 0.2) is 0 Å². The molecule has 2 fully saturated rings. The first-order valence-electron chi connectivity index (χ1n) is 3.60. The van der Waals surface area contributed by atoms with Crippen LogP contribution in [0.2, 0.25) is 0 Å². The summed E-state index contributed by atoms with van der Waals surface area (Å²) in [5.41, 5.74) is 0. The molecule has 0 amide bonds. The molecule has 2 aliphatic heterocycles. The van der Waals surface area contributed by atoms with E-state index >= 15 is 0 Å². The van der Waals surface area contributed by atoms with Crippen molar-refractivity contribution in [3.05, 3.63) is 0 Å². The molecule has 0 spiro atoms. The van der Waals surface area contributed by atoms with Crippen LogP contribution in [0.5, 0.6) is 0 Å². The van der Waals surface area contributed by atoms with Crippen LogP contribution in [0.15, 0.2) is 0 Å². The Balaban J connectivity index is 2.16. The molecule has 2 aliphatic rings. The second kappa shape index (κ2) is 1.47. The fourth-order valence-electron chi connectivity index (χ4n) is 2.17. The topological polar surface area (TPSA) is 3.24 Å². The Morgan fingerprint density at radius 2 is 1.38 bits per heavy atom. The van der Waals surface area contributed by atoms with Crippen molar-refractivity contribution < 1.29 is 0 Å². The van der Waals surface area contributed by atoms with Crippen LogP contribution in [0.4, 0.5) is 0 Å². The normalized spacial score (nSPS) is 46.1. The smallest absolute Gasteiger partial charge is 0.00963 e. The van der Waals surface area contributed by atoms with Gasteiger partial charge in [0.1, 0.15) is 0 Å². The maximum Gasteiger partial charge on any atom is 0.00963 e. The zero-order valence-corrected chi connectivity index (χ0v) is 5.43. The highest BCUT2D eigenvalue weighted by molar-refractivity contribution is 4.92. The summed E-state index contributed by atoms with van der Waals surface area (Å²) in [4.78, 5) is 2.56. The van der Waals surface area contributed by atoms with Crippen LogP contribution in [0.3, 0.4) is 0 Å². The lowest BCUT2D eigenvalue weighted by molar-refractivity contribution is 0.314. The molecule has 0 N–H and O–H groups in total. The van der Waals surface area contributed by atoms with E-state index in [2.05, 4.69) is 11.9 Å². The molecule has 0 aromatic rings. The average Bonchev–Trinajstić information content (AvgIpc) is 2.29. The van der Waals surface area contributed by atoms with Gasteiger partial charge in [0.05, 0.1) is 0 Å². The Morgan fingerprint density at radius 1 is 1.00 bits per heavy atom. The summed E-state index contributed by atoms with van der Waals surface area (Å²) < 4.78 is 0. The zero-order chi connectivity index (χ0) is 5.56. The summed E-state index contributed by atoms with van der Waals surface area (Å²) in [5, 5.41) is 0. The van der Waals surface area contributed by atoms with Crippen LogP contribution in [-0.4, -0.2) is 24.0 Å². The summed E-state index contributed by atoms with van der Waals surface area (Å²) in [6, 6.07) is 1.94. The number of hydrogen-bond donors (Lipinski definition) is 0. The van der Waals surface area contributed by atoms with Gasteiger partial charge in [0.2, 0.25) is 0 Å². The van der Waals surface area contributed by atoms with Crippen LogP contribution < -0.4 is 0 Å². The van der Waals surface area contributed by atoms with Crippen LogP contribution >= 0.6 is 0 Å². The lowest BCUT2D eigenvalue weighted by Crippen LogP contribution is -2.22. The van der Waals surface area contributed by atoms with Crippen LogP contribution in [0, 0.1) is 0 Å². The van der Waals surface area contributed by atoms with Crippen molar-refractivity contribution in [2.45, 2.75) is 37.8 Å². The van der Waals surface area contributed by atoms with Gasteiger partial charge in [-0.3, -0.25) is 0 Å². The second-order valence-corrected chi connectivity index (χ2v) is 3.13. The first-order chi connectivity index (χ1) is 3.88. The fourth-order valence-corrected chi connectivity index (χ4v) is 2.17. The average molecular weight is 111 g/mol. The molecule has 46 valence electrons. The molecular weight excluding hydrogens is 98.1 g/mol. The Hall–Kier alpha value is -0.0400. The van der Waals surface area contributed by atoms with E-state index in [1.165, 1.54) is 25.7 Å². The van der Waals surface area contributed by atoms with E-state index in [0.29, 0.717) is 0 Å². The van der Waals surface area contributed by atoms with Crippen molar-refractivity contribution in [1.29, 1.82) is 0 Å². The van der Waals surface area contributed by atoms with Gasteiger partial charge in [0.25, 0.3) is 0 Å². The van der Waals surface area contributed by atoms with Gasteiger partial charge in [-0.1, -0.05) is 0 Å². The summed E-state index contributed by atoms with van der Waals surface area (Å²) in [5.74, 6) is 0. The Labute approximate surface area is 50.7 Å². The van der Waals surface area contributed by atoms with Crippen molar-refractivity contribution in [1.82, 2.24) is 4.90 Å². The lowest BCUT2D eigenvalue weighted by atomic mass is 10.0. The molecule has 1 nitrogen and oxygen atoms in total. The van der Waals surface area contributed by atoms with E-state index in [0.717, 1.165) is 12.1 Å². The quantitative estimate of drug-likeness (QED) is 0.454. The standard InChI is InChI=1S/C7H13N/c1-8-6-2-3-7(8)5-4-6/h6-7H,2-5H2,1H3/t6-,7+. The van der Waals surface area contributed by atoms with Crippen molar-refractivity contribution in [3.63, 3.8) is 0 Å². The Morgan fingerprint density at radius 3 is 1.50 bits per heavy atom. The summed E-state index contributed by atoms with van der Waals surface area (Å²) in [6.45, 7) is 0. The van der Waals surface area contributed by atoms with Crippen LogP contribution in [0.25, 0.3) is 0 Å². The predicted molar refractivity (Wildman–Crippen MR) is 33.8 cm³/mol. The van der Waals surface area contributed by atoms with E-state index in [9.17, 15) is 0 Å². The molecule has 0 atom stereocenters. The maximum atomic E-state index is 2.56. The first-order valence-corrected chi connectivity index (χ1v) is 3.60. The molecule has 0 unspecified atom stereocenters. The van der Waals surface area contributed by atoms with Crippen molar-refractivity contribution in [2.75, 3.05) is 7.05 Å². The second-order valence-electron chi connectivity index (χ2n) is 3.13. The molecule has 1 heteroatoms. The van der Waals surface area contributed by atoms with E-state index in [-0.39, 0.29) is 0 Å². The lowest BCUT2D eigenvalue weighted by Gasteiger charge is -2.12. The minimum absolute atomic E-state index is 0.972. The van der Waals surface area contributed by atoms with E-state index in [1.54, 1.807) is 0 Å². The van der Waals surface area contributed by atoms with Gasteiger partial charge >= 0.3 is 0 Å². The van der Waals surface area contributed by atoms with Gasteiger partial charge in [-0.05, 0) is 32.7 Å². The molecule has 0 saturated carbocycles. The summed E-state index contributed by atoms with van der Waals surface area (Å²) >= 11 is 0. The number of nitrogens with zero attached hydrogens (tertiary/aromatic N) is 1. The predicted octanol–water partition coefficient (Wildman–Crippen LogP) is 1.24. The third-order valence-electron chi connectivity index (χ3n) is 2.82. The number of fused-ring (bicyclic) bond motifs is 2. The van der Waals surface area contributed by atoms with E-state index in [1.807, 2.05) is 0 Å². The van der Waals surface area contributed by atoms with Crippen LogP contribution in [-0.2, 0) is 0 Å². The maximum absolute atomic E-state index is 2.56. The largest absolute Gasteiger partial charge is 0.300 e. The van der Waals surface area contributed by atoms with Gasteiger partial charge < -0.3 is 4.90 Å². The first kappa shape index (κ1) is 4.80. The summed E-state index contributed by atoms with van der Waals surface area (Å²) in [7, 11) is 2.27. The van der Waals surface area contributed by atoms with Crippen LogP contribution in [0.1, 0.15) is 25.7 Å². The molecule has 0 radical (unpaired) electrons. The Bertz CT molecular complexity index is 80.6. The molecule has 8 heavy (non-hydrogen) atoms. The summed E-state index contributed by atoms with van der Waals surface area (Å²) in [6.07, 6.45) is 5.89. The van der Waals surface area contributed by atoms with Gasteiger partial charge in [-0.25, -0.2) is 0 Å². The SMILES string of the molecule is CN1[C@H]2CC[C@@H]1CC2. The molecular formula is C7H13N. The molecule has 0 aromatic carbocycles. The molecule has 0 aromatic heterocycles. The zero-order valence-electron chi connectivity index (χ0n) is 5.43. The molecule has 2 heterocycles. The van der Waals surface area contributed by atoms with Gasteiger partial charge in [-0.2, -0.15) is 0 Å². The van der Waals surface area contributed by atoms with Gasteiger partial charge in [0, 0.05) is 12.1 Å². The van der Waals surface area contributed by atoms with E-state index in [4.69, 9.17) is 0 Å². The Kier molecular flexibility index (Phi) is 0.884. The van der Waals surface area contributed by atoms with Crippen molar-refractivity contribution in [2.24, 2.45) is 0 Å². The van der Waals surface area contributed by atoms with Crippen molar-refractivity contribution >= 4 is 0 Å². The van der Waals surface area contributed by atoms with E-state index < -0.39 is 0 Å². The molecule has 2 saturated heterocycles. The van der Waals surface area contributed by atoms with Gasteiger partial charge in [-0.15, -0.1) is 0 Å². The highest BCUT2D eigenvalue weighted by atomic mass is 15.2. The highest BCUT2D eigenvalue weighted by Gasteiger charge is 2.35. The third kappa shape index (κ3) is 0.455. The third-order valence-corrected chi connectivity index (χ3v) is 2.82.